The van der Waals surface area contributed by atoms with E-state index in [0.717, 1.165) is 0 Å². The van der Waals surface area contributed by atoms with Crippen LogP contribution in [0.3, 0.4) is 0 Å². The highest BCUT2D eigenvalue weighted by Crippen LogP contribution is 2.42. The number of anilines is 1. The summed E-state index contributed by atoms with van der Waals surface area (Å²) in [5.74, 6) is 0.796. The molecule has 1 saturated heterocycles. The first-order valence-electron chi connectivity index (χ1n) is 12.7. The molecule has 1 fully saturated rings. The summed E-state index contributed by atoms with van der Waals surface area (Å²) >= 11 is 1.25. The SMILES string of the molecule is [C-]#[N+]c1c(N)nc(SCc2nc(-c3cccc(F)c3)oc2C)c(C#N)c1-c1ccc(OC[C@@H]2COC(C)(C)O2)cc1. The van der Waals surface area contributed by atoms with Gasteiger partial charge in [0.1, 0.15) is 47.0 Å². The Morgan fingerprint density at radius 1 is 1.22 bits per heavy atom. The fourth-order valence-corrected chi connectivity index (χ4v) is 5.37. The van der Waals surface area contributed by atoms with Crippen molar-refractivity contribution in [3.63, 3.8) is 0 Å². The summed E-state index contributed by atoms with van der Waals surface area (Å²) in [6, 6.07) is 15.3. The number of hydrogen-bond acceptors (Lipinski definition) is 9. The molecule has 1 aliphatic heterocycles. The molecule has 1 atom stereocenters. The zero-order valence-electron chi connectivity index (χ0n) is 22.6. The fourth-order valence-electron chi connectivity index (χ4n) is 4.37. The predicted molar refractivity (Wildman–Crippen MR) is 152 cm³/mol. The molecule has 41 heavy (non-hydrogen) atoms. The quantitative estimate of drug-likeness (QED) is 0.182. The molecule has 2 aromatic carbocycles. The Morgan fingerprint density at radius 3 is 2.66 bits per heavy atom. The summed E-state index contributed by atoms with van der Waals surface area (Å²) in [5, 5.41) is 10.5. The summed E-state index contributed by atoms with van der Waals surface area (Å²) in [7, 11) is 0. The first-order chi connectivity index (χ1) is 19.7. The Hall–Kier alpha value is -4.42. The maximum absolute atomic E-state index is 13.7. The van der Waals surface area contributed by atoms with E-state index < -0.39 is 5.79 Å². The van der Waals surface area contributed by atoms with Gasteiger partial charge in [-0.1, -0.05) is 30.0 Å². The topological polar surface area (TPSA) is 121 Å². The number of pyridine rings is 1. The van der Waals surface area contributed by atoms with Crippen molar-refractivity contribution in [2.24, 2.45) is 0 Å². The fraction of sp³-hybridized carbons (Fsp3) is 0.267. The number of benzene rings is 2. The highest BCUT2D eigenvalue weighted by atomic mass is 32.2. The maximum Gasteiger partial charge on any atom is 0.236 e. The molecule has 208 valence electrons. The Kier molecular flexibility index (Phi) is 7.95. The van der Waals surface area contributed by atoms with Crippen molar-refractivity contribution in [1.29, 1.82) is 5.26 Å². The van der Waals surface area contributed by atoms with Gasteiger partial charge in [0.25, 0.3) is 0 Å². The number of nitrogens with two attached hydrogens (primary N) is 1. The molecule has 4 aromatic rings. The van der Waals surface area contributed by atoms with Gasteiger partial charge < -0.3 is 24.4 Å². The van der Waals surface area contributed by atoms with Crippen molar-refractivity contribution >= 4 is 23.3 Å². The third-order valence-electron chi connectivity index (χ3n) is 6.34. The van der Waals surface area contributed by atoms with Crippen LogP contribution in [0.4, 0.5) is 15.9 Å². The van der Waals surface area contributed by atoms with Crippen molar-refractivity contribution in [3.8, 4) is 34.4 Å². The van der Waals surface area contributed by atoms with Crippen LogP contribution < -0.4 is 10.5 Å². The summed E-state index contributed by atoms with van der Waals surface area (Å²) in [6.07, 6.45) is -0.179. The van der Waals surface area contributed by atoms with E-state index in [4.69, 9.17) is 30.9 Å². The summed E-state index contributed by atoms with van der Waals surface area (Å²) in [5.41, 5.74) is 8.69. The van der Waals surface area contributed by atoms with Gasteiger partial charge in [0.2, 0.25) is 11.6 Å². The average molecular weight is 572 g/mol. The molecular weight excluding hydrogens is 545 g/mol. The minimum absolute atomic E-state index is 0.0233. The number of aryl methyl sites for hydroxylation is 1. The van der Waals surface area contributed by atoms with Crippen LogP contribution in [0.1, 0.15) is 30.9 Å². The smallest absolute Gasteiger partial charge is 0.236 e. The van der Waals surface area contributed by atoms with Crippen LogP contribution >= 0.6 is 11.8 Å². The van der Waals surface area contributed by atoms with Crippen molar-refractivity contribution in [3.05, 3.63) is 82.8 Å². The highest BCUT2D eigenvalue weighted by molar-refractivity contribution is 7.98. The predicted octanol–water partition coefficient (Wildman–Crippen LogP) is 6.68. The maximum atomic E-state index is 13.7. The molecule has 0 saturated carbocycles. The molecule has 3 heterocycles. The van der Waals surface area contributed by atoms with Crippen molar-refractivity contribution < 1.29 is 23.0 Å². The number of hydrogen-bond donors (Lipinski definition) is 1. The van der Waals surface area contributed by atoms with Crippen LogP contribution in [0.15, 0.2) is 58.0 Å². The minimum Gasteiger partial charge on any atom is -0.491 e. The summed E-state index contributed by atoms with van der Waals surface area (Å²) < 4.78 is 36.6. The molecule has 9 nitrogen and oxygen atoms in total. The monoisotopic (exact) mass is 571 g/mol. The van der Waals surface area contributed by atoms with E-state index >= 15 is 0 Å². The van der Waals surface area contributed by atoms with Gasteiger partial charge in [0, 0.05) is 16.9 Å². The van der Waals surface area contributed by atoms with Gasteiger partial charge in [-0.15, -0.1) is 0 Å². The molecular formula is C30H26FN5O4S. The van der Waals surface area contributed by atoms with E-state index in [1.807, 2.05) is 13.8 Å². The lowest BCUT2D eigenvalue weighted by Crippen LogP contribution is -2.25. The molecule has 0 amide bonds. The summed E-state index contributed by atoms with van der Waals surface area (Å²) in [6.45, 7) is 14.0. The molecule has 0 spiro atoms. The number of nitrogens with zero attached hydrogens (tertiary/aromatic N) is 4. The van der Waals surface area contributed by atoms with Gasteiger partial charge in [-0.3, -0.25) is 0 Å². The standard InChI is InChI=1S/C30H26FN5O4S/c1-17-24(35-28(39-17)19-6-5-7-20(31)12-19)16-41-29-23(13-32)25(26(34-4)27(33)36-29)18-8-10-21(11-9-18)37-14-22-15-38-30(2,3)40-22/h5-12,22H,14-16H2,1-3H3,(H2,33,36)/t22-/m1/s1. The third kappa shape index (κ3) is 6.18. The van der Waals surface area contributed by atoms with E-state index in [0.29, 0.717) is 63.8 Å². The number of oxazole rings is 1. The van der Waals surface area contributed by atoms with Crippen LogP contribution in [0, 0.1) is 30.6 Å². The van der Waals surface area contributed by atoms with Crippen molar-refractivity contribution in [2.75, 3.05) is 18.9 Å². The second kappa shape index (κ2) is 11.6. The van der Waals surface area contributed by atoms with Gasteiger partial charge in [0.05, 0.1) is 24.4 Å². The molecule has 0 radical (unpaired) electrons. The van der Waals surface area contributed by atoms with Gasteiger partial charge in [-0.2, -0.15) is 5.26 Å². The van der Waals surface area contributed by atoms with Crippen molar-refractivity contribution in [2.45, 2.75) is 43.4 Å². The highest BCUT2D eigenvalue weighted by Gasteiger charge is 2.33. The average Bonchev–Trinajstić information content (AvgIpc) is 3.51. The first kappa shape index (κ1) is 28.1. The second-order valence-corrected chi connectivity index (χ2v) is 10.7. The van der Waals surface area contributed by atoms with Crippen LogP contribution in [-0.2, 0) is 15.2 Å². The first-order valence-corrected chi connectivity index (χ1v) is 13.7. The number of ether oxygens (including phenoxy) is 3. The van der Waals surface area contributed by atoms with E-state index in [2.05, 4.69) is 20.9 Å². The molecule has 2 N–H and O–H groups in total. The Balaban J connectivity index is 1.38. The Labute approximate surface area is 240 Å². The Morgan fingerprint density at radius 2 is 2.00 bits per heavy atom. The van der Waals surface area contributed by atoms with Crippen molar-refractivity contribution in [1.82, 2.24) is 9.97 Å². The number of aromatic nitrogens is 2. The van der Waals surface area contributed by atoms with Crippen LogP contribution in [-0.4, -0.2) is 35.1 Å². The molecule has 0 unspecified atom stereocenters. The molecule has 0 aliphatic carbocycles. The third-order valence-corrected chi connectivity index (χ3v) is 7.33. The molecule has 2 aromatic heterocycles. The number of nitrogen functional groups attached to an aromatic ring is 1. The van der Waals surface area contributed by atoms with E-state index in [9.17, 15) is 9.65 Å². The van der Waals surface area contributed by atoms with Gasteiger partial charge in [-0.05, 0) is 56.7 Å². The molecule has 5 rings (SSSR count). The zero-order valence-corrected chi connectivity index (χ0v) is 23.4. The molecule has 1 aliphatic rings. The van der Waals surface area contributed by atoms with Gasteiger partial charge >= 0.3 is 0 Å². The summed E-state index contributed by atoms with van der Waals surface area (Å²) in [4.78, 5) is 12.5. The van der Waals surface area contributed by atoms with Gasteiger partial charge in [0.15, 0.2) is 5.79 Å². The number of nitriles is 1. The van der Waals surface area contributed by atoms with Crippen LogP contribution in [0.25, 0.3) is 27.4 Å². The van der Waals surface area contributed by atoms with Crippen LogP contribution in [0.2, 0.25) is 0 Å². The lowest BCUT2D eigenvalue weighted by molar-refractivity contribution is -0.141. The van der Waals surface area contributed by atoms with E-state index in [1.165, 1.54) is 23.9 Å². The lowest BCUT2D eigenvalue weighted by Gasteiger charge is -2.17. The zero-order chi connectivity index (χ0) is 29.1. The number of halogens is 1. The number of rotatable bonds is 8. The second-order valence-electron chi connectivity index (χ2n) is 9.73. The van der Waals surface area contributed by atoms with Gasteiger partial charge in [-0.25, -0.2) is 19.2 Å². The molecule has 11 heteroatoms. The largest absolute Gasteiger partial charge is 0.491 e. The normalized spacial score (nSPS) is 15.8. The van der Waals surface area contributed by atoms with E-state index in [1.54, 1.807) is 43.3 Å². The van der Waals surface area contributed by atoms with E-state index in [-0.39, 0.29) is 29.0 Å². The number of thioether (sulfide) groups is 1. The molecule has 0 bridgehead atoms. The Bertz CT molecular complexity index is 1670. The van der Waals surface area contributed by atoms with Crippen LogP contribution in [0.5, 0.6) is 5.75 Å². The lowest BCUT2D eigenvalue weighted by atomic mass is 10.00. The minimum atomic E-state index is -0.630.